The summed E-state index contributed by atoms with van der Waals surface area (Å²) < 4.78 is 18.6. The Kier molecular flexibility index (Phi) is 7.81. The number of piperazine rings is 1. The van der Waals surface area contributed by atoms with Gasteiger partial charge in [-0.05, 0) is 35.1 Å². The van der Waals surface area contributed by atoms with E-state index in [4.69, 9.17) is 4.74 Å². The average Bonchev–Trinajstić information content (AvgIpc) is 3.26. The first kappa shape index (κ1) is 22.2. The van der Waals surface area contributed by atoms with E-state index in [1.165, 1.54) is 12.1 Å². The van der Waals surface area contributed by atoms with E-state index in [-0.39, 0.29) is 30.4 Å². The normalized spacial score (nSPS) is 15.8. The number of hydrogen-bond donors (Lipinski definition) is 1. The second kappa shape index (κ2) is 10.5. The summed E-state index contributed by atoms with van der Waals surface area (Å²) in [5, 5.41) is 5.03. The van der Waals surface area contributed by atoms with Gasteiger partial charge in [0.15, 0.2) is 0 Å². The second-order valence-corrected chi connectivity index (χ2v) is 8.78. The summed E-state index contributed by atoms with van der Waals surface area (Å²) in [7, 11) is 0. The molecule has 3 rings (SSSR count). The molecule has 2 aromatic rings. The summed E-state index contributed by atoms with van der Waals surface area (Å²) in [6.07, 6.45) is -0.290. The molecule has 1 atom stereocenters. The van der Waals surface area contributed by atoms with Crippen molar-refractivity contribution in [3.05, 3.63) is 58.0 Å². The van der Waals surface area contributed by atoms with Crippen molar-refractivity contribution < 1.29 is 18.7 Å². The van der Waals surface area contributed by atoms with Gasteiger partial charge in [0.1, 0.15) is 5.82 Å². The highest BCUT2D eigenvalue weighted by Crippen LogP contribution is 2.26. The largest absolute Gasteiger partial charge is 0.449 e. The van der Waals surface area contributed by atoms with Gasteiger partial charge in [-0.15, -0.1) is 11.3 Å². The molecule has 1 N–H and O–H groups in total. The molecule has 0 saturated carbocycles. The van der Waals surface area contributed by atoms with Crippen molar-refractivity contribution in [2.45, 2.75) is 19.9 Å². The lowest BCUT2D eigenvalue weighted by molar-refractivity contribution is -0.123. The third-order valence-corrected chi connectivity index (χ3v) is 5.81. The lowest BCUT2D eigenvalue weighted by Crippen LogP contribution is -2.51. The molecular weight excluding hydrogens is 405 g/mol. The standard InChI is InChI=1S/C22H28FN3O3S/c1-16(2)15-29-22(28)26-11-9-25(10-12-26)14-20(27)24-21(19-4-3-13-30-19)17-5-7-18(23)8-6-17/h3-8,13,16,21H,9-12,14-15H2,1-2H3,(H,24,27). The molecule has 6 nitrogen and oxygen atoms in total. The molecule has 30 heavy (non-hydrogen) atoms. The van der Waals surface area contributed by atoms with Gasteiger partial charge < -0.3 is 15.0 Å². The zero-order valence-electron chi connectivity index (χ0n) is 17.3. The van der Waals surface area contributed by atoms with E-state index >= 15 is 0 Å². The van der Waals surface area contributed by atoms with Crippen LogP contribution >= 0.6 is 11.3 Å². The molecule has 0 spiro atoms. The number of carbonyl (C=O) groups is 2. The molecule has 1 fully saturated rings. The summed E-state index contributed by atoms with van der Waals surface area (Å²) >= 11 is 1.55. The van der Waals surface area contributed by atoms with Crippen LogP contribution in [0.2, 0.25) is 0 Å². The first-order chi connectivity index (χ1) is 14.4. The molecule has 1 aromatic carbocycles. The van der Waals surface area contributed by atoms with E-state index in [2.05, 4.69) is 5.32 Å². The fourth-order valence-corrected chi connectivity index (χ4v) is 4.06. The molecule has 0 aliphatic carbocycles. The minimum absolute atomic E-state index is 0.103. The number of hydrogen-bond acceptors (Lipinski definition) is 5. The van der Waals surface area contributed by atoms with Crippen molar-refractivity contribution >= 4 is 23.3 Å². The van der Waals surface area contributed by atoms with Crippen molar-refractivity contribution in [3.8, 4) is 0 Å². The molecule has 1 saturated heterocycles. The fraction of sp³-hybridized carbons (Fsp3) is 0.455. The SMILES string of the molecule is CC(C)COC(=O)N1CCN(CC(=O)NC(c2ccc(F)cc2)c2cccs2)CC1. The van der Waals surface area contributed by atoms with Gasteiger partial charge in [-0.2, -0.15) is 0 Å². The number of nitrogens with zero attached hydrogens (tertiary/aromatic N) is 2. The van der Waals surface area contributed by atoms with E-state index < -0.39 is 0 Å². The van der Waals surface area contributed by atoms with Crippen LogP contribution in [0.1, 0.15) is 30.3 Å². The van der Waals surface area contributed by atoms with E-state index in [1.54, 1.807) is 28.4 Å². The molecule has 0 bridgehead atoms. The number of carbonyl (C=O) groups excluding carboxylic acids is 2. The molecule has 2 amide bonds. The minimum Gasteiger partial charge on any atom is -0.449 e. The van der Waals surface area contributed by atoms with Crippen molar-refractivity contribution in [3.63, 3.8) is 0 Å². The number of rotatable bonds is 7. The summed E-state index contributed by atoms with van der Waals surface area (Å²) in [6.45, 7) is 6.97. The smallest absolute Gasteiger partial charge is 0.409 e. The average molecular weight is 434 g/mol. The van der Waals surface area contributed by atoms with Crippen LogP contribution in [-0.2, 0) is 9.53 Å². The Bertz CT molecular complexity index is 819. The van der Waals surface area contributed by atoms with Gasteiger partial charge in [-0.25, -0.2) is 9.18 Å². The van der Waals surface area contributed by atoms with Gasteiger partial charge in [0.2, 0.25) is 5.91 Å². The van der Waals surface area contributed by atoms with E-state index in [0.717, 1.165) is 10.4 Å². The summed E-state index contributed by atoms with van der Waals surface area (Å²) in [4.78, 5) is 29.5. The zero-order chi connectivity index (χ0) is 21.5. The van der Waals surface area contributed by atoms with Gasteiger partial charge in [0.25, 0.3) is 0 Å². The number of benzene rings is 1. The molecule has 1 aliphatic heterocycles. The number of ether oxygens (including phenoxy) is 1. The quantitative estimate of drug-likeness (QED) is 0.726. The highest BCUT2D eigenvalue weighted by Gasteiger charge is 2.25. The Morgan fingerprint density at radius 1 is 1.13 bits per heavy atom. The number of thiophene rings is 1. The molecule has 2 heterocycles. The first-order valence-corrected chi connectivity index (χ1v) is 11.0. The topological polar surface area (TPSA) is 61.9 Å². The van der Waals surface area contributed by atoms with Crippen LogP contribution in [0.25, 0.3) is 0 Å². The summed E-state index contributed by atoms with van der Waals surface area (Å²) in [5.41, 5.74) is 0.838. The van der Waals surface area contributed by atoms with Gasteiger partial charge in [-0.3, -0.25) is 9.69 Å². The van der Waals surface area contributed by atoms with Crippen LogP contribution in [0, 0.1) is 11.7 Å². The van der Waals surface area contributed by atoms with Crippen LogP contribution in [0.15, 0.2) is 41.8 Å². The van der Waals surface area contributed by atoms with Crippen molar-refractivity contribution in [1.82, 2.24) is 15.1 Å². The Morgan fingerprint density at radius 3 is 2.43 bits per heavy atom. The van der Waals surface area contributed by atoms with Crippen LogP contribution in [0.4, 0.5) is 9.18 Å². The molecular formula is C22H28FN3O3S. The Labute approximate surface area is 180 Å². The van der Waals surface area contributed by atoms with Crippen molar-refractivity contribution in [2.75, 3.05) is 39.3 Å². The maximum Gasteiger partial charge on any atom is 0.409 e. The molecule has 8 heteroatoms. The van der Waals surface area contributed by atoms with Gasteiger partial charge in [-0.1, -0.05) is 32.0 Å². The van der Waals surface area contributed by atoms with Gasteiger partial charge in [0, 0.05) is 31.1 Å². The maximum atomic E-state index is 13.3. The fourth-order valence-electron chi connectivity index (χ4n) is 3.26. The Balaban J connectivity index is 1.53. The molecule has 1 aliphatic rings. The Morgan fingerprint density at radius 2 is 1.83 bits per heavy atom. The van der Waals surface area contributed by atoms with E-state index in [0.29, 0.717) is 38.7 Å². The lowest BCUT2D eigenvalue weighted by Gasteiger charge is -2.34. The van der Waals surface area contributed by atoms with Crippen LogP contribution in [0.5, 0.6) is 0 Å². The minimum atomic E-state index is -0.314. The molecule has 0 radical (unpaired) electrons. The summed E-state index contributed by atoms with van der Waals surface area (Å²) in [6, 6.07) is 9.77. The summed E-state index contributed by atoms with van der Waals surface area (Å²) in [5.74, 6) is -0.107. The van der Waals surface area contributed by atoms with E-state index in [1.807, 2.05) is 36.3 Å². The highest BCUT2D eigenvalue weighted by molar-refractivity contribution is 7.10. The number of halogens is 1. The van der Waals surface area contributed by atoms with E-state index in [9.17, 15) is 14.0 Å². The van der Waals surface area contributed by atoms with Crippen LogP contribution in [0.3, 0.4) is 0 Å². The molecule has 1 aromatic heterocycles. The maximum absolute atomic E-state index is 13.3. The monoisotopic (exact) mass is 433 g/mol. The number of amides is 2. The molecule has 1 unspecified atom stereocenters. The third kappa shape index (κ3) is 6.27. The predicted molar refractivity (Wildman–Crippen MR) is 115 cm³/mol. The highest BCUT2D eigenvalue weighted by atomic mass is 32.1. The second-order valence-electron chi connectivity index (χ2n) is 7.80. The first-order valence-electron chi connectivity index (χ1n) is 10.1. The van der Waals surface area contributed by atoms with Crippen LogP contribution < -0.4 is 5.32 Å². The van der Waals surface area contributed by atoms with Gasteiger partial charge in [0.05, 0.1) is 19.2 Å². The van der Waals surface area contributed by atoms with Crippen molar-refractivity contribution in [1.29, 1.82) is 0 Å². The third-order valence-electron chi connectivity index (χ3n) is 4.87. The number of nitrogens with one attached hydrogen (secondary N) is 1. The van der Waals surface area contributed by atoms with Gasteiger partial charge >= 0.3 is 6.09 Å². The lowest BCUT2D eigenvalue weighted by atomic mass is 10.1. The Hall–Kier alpha value is -2.45. The zero-order valence-corrected chi connectivity index (χ0v) is 18.2. The predicted octanol–water partition coefficient (Wildman–Crippen LogP) is 3.50. The van der Waals surface area contributed by atoms with Crippen molar-refractivity contribution in [2.24, 2.45) is 5.92 Å². The molecule has 162 valence electrons. The van der Waals surface area contributed by atoms with Crippen LogP contribution in [-0.4, -0.2) is 61.1 Å².